The van der Waals surface area contributed by atoms with E-state index < -0.39 is 5.97 Å². The monoisotopic (exact) mass is 182 g/mol. The lowest BCUT2D eigenvalue weighted by molar-refractivity contribution is 0.0746. The second-order valence-corrected chi connectivity index (χ2v) is 2.16. The van der Waals surface area contributed by atoms with E-state index in [0.29, 0.717) is 0 Å². The molecule has 5 heteroatoms. The minimum atomic E-state index is -0.562. The Kier molecular flexibility index (Phi) is 4.37. The first kappa shape index (κ1) is 11.0. The molecule has 4 nitrogen and oxygen atoms in total. The highest BCUT2D eigenvalue weighted by atomic mass is 27.1. The van der Waals surface area contributed by atoms with Crippen molar-refractivity contribution < 1.29 is 19.2 Å². The molecule has 0 unspecified atom stereocenters. The topological polar surface area (TPSA) is 78.0 Å². The van der Waals surface area contributed by atoms with Crippen LogP contribution in [0.15, 0.2) is 24.3 Å². The van der Waals surface area contributed by atoms with Crippen LogP contribution in [0.3, 0.4) is 0 Å². The predicted molar refractivity (Wildman–Crippen MR) is 42.9 cm³/mol. The van der Waals surface area contributed by atoms with Crippen molar-refractivity contribution in [2.75, 3.05) is 0 Å². The normalized spacial score (nSPS) is 8.33. The Balaban J connectivity index is 0.00000121. The molecule has 1 aromatic carbocycles. The number of hydrogen-bond acceptors (Lipinski definition) is 3. The lowest BCUT2D eigenvalue weighted by Crippen LogP contribution is -2.01. The third-order valence-corrected chi connectivity index (χ3v) is 1.45. The SMILES string of the molecule is O.O=C([O][Al])c1ccccc1O. The minimum absolute atomic E-state index is 0. The van der Waals surface area contributed by atoms with E-state index in [1.165, 1.54) is 12.1 Å². The molecule has 1 aromatic rings. The zero-order valence-corrected chi connectivity index (χ0v) is 7.31. The van der Waals surface area contributed by atoms with Gasteiger partial charge in [-0.1, -0.05) is 12.1 Å². The molecule has 0 saturated heterocycles. The van der Waals surface area contributed by atoms with Crippen LogP contribution >= 0.6 is 0 Å². The van der Waals surface area contributed by atoms with Gasteiger partial charge >= 0.3 is 22.6 Å². The minimum Gasteiger partial charge on any atom is -0.624 e. The summed E-state index contributed by atoms with van der Waals surface area (Å²) in [4.78, 5) is 10.8. The number of rotatable bonds is 1. The number of benzene rings is 1. The van der Waals surface area contributed by atoms with Gasteiger partial charge in [-0.05, 0) is 12.1 Å². The van der Waals surface area contributed by atoms with E-state index >= 15 is 0 Å². The van der Waals surface area contributed by atoms with Crippen molar-refractivity contribution in [1.82, 2.24) is 0 Å². The van der Waals surface area contributed by atoms with Gasteiger partial charge in [0.2, 0.25) is 0 Å². The number of carbonyl (C=O) groups excluding carboxylic acids is 1. The first-order valence-electron chi connectivity index (χ1n) is 2.94. The maximum absolute atomic E-state index is 10.8. The lowest BCUT2D eigenvalue weighted by Gasteiger charge is -2.01. The maximum atomic E-state index is 10.8. The van der Waals surface area contributed by atoms with E-state index in [1.807, 2.05) is 16.6 Å². The smallest absolute Gasteiger partial charge is 0.485 e. The van der Waals surface area contributed by atoms with Gasteiger partial charge in [0.05, 0.1) is 5.56 Å². The van der Waals surface area contributed by atoms with Crippen LogP contribution < -0.4 is 0 Å². The van der Waals surface area contributed by atoms with Gasteiger partial charge in [-0.25, -0.2) is 4.79 Å². The Morgan fingerprint density at radius 2 is 2.00 bits per heavy atom. The van der Waals surface area contributed by atoms with Crippen LogP contribution in [-0.2, 0) is 3.79 Å². The summed E-state index contributed by atoms with van der Waals surface area (Å²) in [5.41, 5.74) is 0.169. The fourth-order valence-corrected chi connectivity index (χ4v) is 0.837. The molecule has 0 spiro atoms. The fraction of sp³-hybridized carbons (Fsp3) is 0. The van der Waals surface area contributed by atoms with Crippen molar-refractivity contribution in [2.24, 2.45) is 0 Å². The van der Waals surface area contributed by atoms with Gasteiger partial charge in [0.15, 0.2) is 0 Å². The quantitative estimate of drug-likeness (QED) is 0.611. The summed E-state index contributed by atoms with van der Waals surface area (Å²) >= 11 is 1.83. The molecule has 2 radical (unpaired) electrons. The molecule has 0 aliphatic rings. The molecule has 0 saturated carbocycles. The number of aromatic hydroxyl groups is 1. The molecule has 0 atom stereocenters. The lowest BCUT2D eigenvalue weighted by atomic mass is 10.2. The van der Waals surface area contributed by atoms with Crippen LogP contribution in [0.5, 0.6) is 5.75 Å². The van der Waals surface area contributed by atoms with Crippen molar-refractivity contribution in [2.45, 2.75) is 0 Å². The molecule has 0 aliphatic heterocycles. The summed E-state index contributed by atoms with van der Waals surface area (Å²) in [5, 5.41) is 9.10. The van der Waals surface area contributed by atoms with Crippen LogP contribution in [0.4, 0.5) is 0 Å². The summed E-state index contributed by atoms with van der Waals surface area (Å²) < 4.78 is 4.33. The van der Waals surface area contributed by atoms with Gasteiger partial charge in [0.25, 0.3) is 0 Å². The van der Waals surface area contributed by atoms with E-state index in [1.54, 1.807) is 12.1 Å². The second kappa shape index (κ2) is 4.78. The summed E-state index contributed by atoms with van der Waals surface area (Å²) in [6.07, 6.45) is 0. The molecule has 0 aliphatic carbocycles. The highest BCUT2D eigenvalue weighted by Crippen LogP contribution is 2.15. The maximum Gasteiger partial charge on any atom is 0.485 e. The van der Waals surface area contributed by atoms with Crippen LogP contribution in [0, 0.1) is 0 Å². The molecule has 0 bridgehead atoms. The van der Waals surface area contributed by atoms with Gasteiger partial charge in [0, 0.05) is 0 Å². The zero-order chi connectivity index (χ0) is 8.27. The van der Waals surface area contributed by atoms with Crippen molar-refractivity contribution >= 4 is 22.6 Å². The first-order valence-corrected chi connectivity index (χ1v) is 3.42. The molecule has 0 heterocycles. The van der Waals surface area contributed by atoms with Crippen LogP contribution in [0.25, 0.3) is 0 Å². The van der Waals surface area contributed by atoms with E-state index in [2.05, 4.69) is 3.79 Å². The van der Waals surface area contributed by atoms with Gasteiger partial charge in [0.1, 0.15) is 5.75 Å². The van der Waals surface area contributed by atoms with Gasteiger partial charge in [-0.3, -0.25) is 0 Å². The third-order valence-electron chi connectivity index (χ3n) is 1.23. The van der Waals surface area contributed by atoms with Crippen molar-refractivity contribution in [3.8, 4) is 5.75 Å². The van der Waals surface area contributed by atoms with Crippen LogP contribution in [0.1, 0.15) is 10.4 Å². The first-order chi connectivity index (χ1) is 5.25. The Morgan fingerprint density at radius 3 is 2.50 bits per heavy atom. The van der Waals surface area contributed by atoms with Crippen molar-refractivity contribution in [1.29, 1.82) is 0 Å². The summed E-state index contributed by atoms with van der Waals surface area (Å²) in [6, 6.07) is 6.20. The second-order valence-electron chi connectivity index (χ2n) is 1.92. The Hall–Kier alpha value is -1.02. The van der Waals surface area contributed by atoms with Crippen LogP contribution in [-0.4, -0.2) is 33.2 Å². The Bertz CT molecular complexity index is 274. The third kappa shape index (κ3) is 2.24. The van der Waals surface area contributed by atoms with E-state index in [0.717, 1.165) is 0 Å². The molecule has 1 rings (SSSR count). The number of phenolic OH excluding ortho intramolecular Hbond substituents is 1. The average molecular weight is 182 g/mol. The highest BCUT2D eigenvalue weighted by Gasteiger charge is 2.07. The molecule has 62 valence electrons. The Morgan fingerprint density at radius 1 is 1.42 bits per heavy atom. The molecular formula is C7H7AlO4. The van der Waals surface area contributed by atoms with Gasteiger partial charge < -0.3 is 14.4 Å². The number of hydrogen-bond donors (Lipinski definition) is 1. The summed E-state index contributed by atoms with van der Waals surface area (Å²) in [5.74, 6) is -0.631. The number of phenols is 1. The van der Waals surface area contributed by atoms with E-state index in [4.69, 9.17) is 5.11 Å². The van der Waals surface area contributed by atoms with Gasteiger partial charge in [-0.15, -0.1) is 0 Å². The fourth-order valence-electron chi connectivity index (χ4n) is 0.710. The molecule has 12 heavy (non-hydrogen) atoms. The average Bonchev–Trinajstić information content (AvgIpc) is 2.04. The molecule has 0 fully saturated rings. The van der Waals surface area contributed by atoms with Crippen molar-refractivity contribution in [3.05, 3.63) is 29.8 Å². The molecule has 0 aromatic heterocycles. The summed E-state index contributed by atoms with van der Waals surface area (Å²) in [7, 11) is 0. The van der Waals surface area contributed by atoms with E-state index in [-0.39, 0.29) is 16.8 Å². The zero-order valence-electron chi connectivity index (χ0n) is 6.15. The standard InChI is InChI=1S/C7H6O3.Al.H2O/c8-6-4-2-1-3-5(6)7(9)10;;/h1-4,8H,(H,9,10);;1H2/q;+1;/p-1. The largest absolute Gasteiger partial charge is 0.624 e. The number of carbonyl (C=O) groups is 1. The number of para-hydroxylation sites is 1. The highest BCUT2D eigenvalue weighted by molar-refractivity contribution is 6.10. The molecular weight excluding hydrogens is 175 g/mol. The Labute approximate surface area is 77.8 Å². The van der Waals surface area contributed by atoms with Crippen molar-refractivity contribution in [3.63, 3.8) is 0 Å². The van der Waals surface area contributed by atoms with Crippen LogP contribution in [0.2, 0.25) is 0 Å². The predicted octanol–water partition coefficient (Wildman–Crippen LogP) is -0.192. The molecule has 0 amide bonds. The van der Waals surface area contributed by atoms with E-state index in [9.17, 15) is 4.79 Å². The molecule has 3 N–H and O–H groups in total. The van der Waals surface area contributed by atoms with Gasteiger partial charge in [-0.2, -0.15) is 0 Å². The summed E-state index contributed by atoms with van der Waals surface area (Å²) in [6.45, 7) is 0.